The molecule has 2 heteroatoms. The summed E-state index contributed by atoms with van der Waals surface area (Å²) < 4.78 is 0. The van der Waals surface area contributed by atoms with E-state index in [2.05, 4.69) is 97.3 Å². The zero-order valence-electron chi connectivity index (χ0n) is 17.2. The first-order valence-electron chi connectivity index (χ1n) is 10.3. The molecular weight excluding hydrogens is 340 g/mol. The highest BCUT2D eigenvalue weighted by molar-refractivity contribution is 5.37. The summed E-state index contributed by atoms with van der Waals surface area (Å²) in [6.45, 7) is 8.37. The van der Waals surface area contributed by atoms with E-state index in [-0.39, 0.29) is 0 Å². The Balaban J connectivity index is 1.44. The molecule has 0 radical (unpaired) electrons. The van der Waals surface area contributed by atoms with Crippen LogP contribution in [-0.2, 0) is 25.9 Å². The fourth-order valence-electron chi connectivity index (χ4n) is 3.58. The topological polar surface area (TPSA) is 24.1 Å². The molecule has 2 nitrogen and oxygen atoms in total. The van der Waals surface area contributed by atoms with Gasteiger partial charge >= 0.3 is 0 Å². The van der Waals surface area contributed by atoms with Gasteiger partial charge in [0, 0.05) is 13.1 Å². The molecule has 0 unspecified atom stereocenters. The van der Waals surface area contributed by atoms with Crippen LogP contribution in [0.15, 0.2) is 72.8 Å². The number of aryl methyl sites for hydroxylation is 2. The molecular formula is C26H32N2. The third kappa shape index (κ3) is 6.33. The van der Waals surface area contributed by atoms with E-state index in [0.29, 0.717) is 0 Å². The van der Waals surface area contributed by atoms with E-state index < -0.39 is 0 Å². The zero-order chi connectivity index (χ0) is 19.6. The summed E-state index contributed by atoms with van der Waals surface area (Å²) in [4.78, 5) is 0. The molecule has 0 atom stereocenters. The zero-order valence-corrected chi connectivity index (χ0v) is 17.2. The Labute approximate surface area is 170 Å². The van der Waals surface area contributed by atoms with Crippen LogP contribution in [0, 0.1) is 13.8 Å². The van der Waals surface area contributed by atoms with Crippen LogP contribution in [0.2, 0.25) is 0 Å². The van der Waals surface area contributed by atoms with Crippen LogP contribution in [0.4, 0.5) is 0 Å². The van der Waals surface area contributed by atoms with Crippen LogP contribution in [-0.4, -0.2) is 13.1 Å². The quantitative estimate of drug-likeness (QED) is 0.491. The first-order valence-corrected chi connectivity index (χ1v) is 10.3. The Morgan fingerprint density at radius 3 is 1.36 bits per heavy atom. The number of benzene rings is 3. The molecule has 0 aromatic heterocycles. The standard InChI is InChI=1S/C26H32N2/c1-21-17-26(14-16-28-20-24-11-7-4-8-12-24)22(2)18-25(21)13-15-27-19-23-9-5-3-6-10-23/h3-12,17-18,27-28H,13-16,19-20H2,1-2H3. The minimum absolute atomic E-state index is 0.935. The van der Waals surface area contributed by atoms with Crippen LogP contribution < -0.4 is 10.6 Å². The predicted octanol–water partition coefficient (Wildman–Crippen LogP) is 4.97. The van der Waals surface area contributed by atoms with E-state index in [9.17, 15) is 0 Å². The molecule has 0 fully saturated rings. The number of hydrogen-bond donors (Lipinski definition) is 2. The van der Waals surface area contributed by atoms with Gasteiger partial charge in [0.1, 0.15) is 0 Å². The van der Waals surface area contributed by atoms with Gasteiger partial charge in [-0.25, -0.2) is 0 Å². The van der Waals surface area contributed by atoms with Crippen molar-refractivity contribution >= 4 is 0 Å². The average molecular weight is 373 g/mol. The van der Waals surface area contributed by atoms with Gasteiger partial charge < -0.3 is 10.6 Å². The summed E-state index contributed by atoms with van der Waals surface area (Å²) in [6.07, 6.45) is 2.15. The summed E-state index contributed by atoms with van der Waals surface area (Å²) >= 11 is 0. The van der Waals surface area contributed by atoms with Gasteiger partial charge in [-0.2, -0.15) is 0 Å². The Morgan fingerprint density at radius 2 is 0.964 bits per heavy atom. The van der Waals surface area contributed by atoms with Gasteiger partial charge in [0.05, 0.1) is 0 Å². The molecule has 3 rings (SSSR count). The Morgan fingerprint density at radius 1 is 0.571 bits per heavy atom. The Kier molecular flexibility index (Phi) is 7.83. The highest BCUT2D eigenvalue weighted by Gasteiger charge is 2.05. The molecule has 0 heterocycles. The van der Waals surface area contributed by atoms with Gasteiger partial charge in [-0.05, 0) is 73.2 Å². The highest BCUT2D eigenvalue weighted by atomic mass is 14.8. The average Bonchev–Trinajstić information content (AvgIpc) is 2.73. The Hall–Kier alpha value is -2.42. The molecule has 0 aliphatic rings. The molecule has 0 amide bonds. The molecule has 2 N–H and O–H groups in total. The normalized spacial score (nSPS) is 10.9. The summed E-state index contributed by atoms with van der Waals surface area (Å²) in [5.41, 5.74) is 8.41. The minimum Gasteiger partial charge on any atom is -0.312 e. The van der Waals surface area contributed by atoms with Gasteiger partial charge in [0.2, 0.25) is 0 Å². The molecule has 28 heavy (non-hydrogen) atoms. The van der Waals surface area contributed by atoms with E-state index in [1.54, 1.807) is 0 Å². The second kappa shape index (κ2) is 10.8. The van der Waals surface area contributed by atoms with Gasteiger partial charge in [-0.15, -0.1) is 0 Å². The van der Waals surface area contributed by atoms with Crippen molar-refractivity contribution in [3.63, 3.8) is 0 Å². The highest BCUT2D eigenvalue weighted by Crippen LogP contribution is 2.17. The maximum Gasteiger partial charge on any atom is 0.0205 e. The van der Waals surface area contributed by atoms with Crippen molar-refractivity contribution in [1.82, 2.24) is 10.6 Å². The second-order valence-corrected chi connectivity index (χ2v) is 7.53. The van der Waals surface area contributed by atoms with Crippen LogP contribution >= 0.6 is 0 Å². The molecule has 0 aliphatic carbocycles. The van der Waals surface area contributed by atoms with Gasteiger partial charge in [-0.1, -0.05) is 72.8 Å². The third-order valence-electron chi connectivity index (χ3n) is 5.28. The molecule has 0 aliphatic heterocycles. The van der Waals surface area contributed by atoms with Crippen molar-refractivity contribution in [3.8, 4) is 0 Å². The number of rotatable bonds is 10. The molecule has 0 bridgehead atoms. The van der Waals surface area contributed by atoms with Crippen LogP contribution in [0.25, 0.3) is 0 Å². The van der Waals surface area contributed by atoms with Gasteiger partial charge in [0.15, 0.2) is 0 Å². The van der Waals surface area contributed by atoms with Crippen molar-refractivity contribution in [2.45, 2.75) is 39.8 Å². The predicted molar refractivity (Wildman–Crippen MR) is 120 cm³/mol. The number of nitrogens with one attached hydrogen (secondary N) is 2. The van der Waals surface area contributed by atoms with Crippen molar-refractivity contribution in [3.05, 3.63) is 106 Å². The molecule has 3 aromatic carbocycles. The fourth-order valence-corrected chi connectivity index (χ4v) is 3.58. The Bertz CT molecular complexity index is 768. The summed E-state index contributed by atoms with van der Waals surface area (Å²) in [6, 6.07) is 25.9. The largest absolute Gasteiger partial charge is 0.312 e. The van der Waals surface area contributed by atoms with E-state index >= 15 is 0 Å². The first kappa shape index (κ1) is 20.3. The van der Waals surface area contributed by atoms with Crippen molar-refractivity contribution < 1.29 is 0 Å². The monoisotopic (exact) mass is 372 g/mol. The van der Waals surface area contributed by atoms with E-state index in [1.165, 1.54) is 33.4 Å². The summed E-state index contributed by atoms with van der Waals surface area (Å²) in [5.74, 6) is 0. The SMILES string of the molecule is Cc1cc(CCNCc2ccccc2)c(C)cc1CCNCc1ccccc1. The van der Waals surface area contributed by atoms with Gasteiger partial charge in [-0.3, -0.25) is 0 Å². The van der Waals surface area contributed by atoms with E-state index in [1.807, 2.05) is 0 Å². The maximum absolute atomic E-state index is 3.56. The first-order chi connectivity index (χ1) is 13.7. The van der Waals surface area contributed by atoms with Crippen molar-refractivity contribution in [1.29, 1.82) is 0 Å². The van der Waals surface area contributed by atoms with E-state index in [4.69, 9.17) is 0 Å². The summed E-state index contributed by atoms with van der Waals surface area (Å²) in [7, 11) is 0. The molecule has 146 valence electrons. The van der Waals surface area contributed by atoms with Crippen LogP contribution in [0.5, 0.6) is 0 Å². The lowest BCUT2D eigenvalue weighted by atomic mass is 9.96. The van der Waals surface area contributed by atoms with Gasteiger partial charge in [0.25, 0.3) is 0 Å². The lowest BCUT2D eigenvalue weighted by molar-refractivity contribution is 0.680. The molecule has 0 saturated carbocycles. The minimum atomic E-state index is 0.935. The molecule has 0 spiro atoms. The molecule has 0 saturated heterocycles. The van der Waals surface area contributed by atoms with Crippen molar-refractivity contribution in [2.24, 2.45) is 0 Å². The lowest BCUT2D eigenvalue weighted by Gasteiger charge is -2.13. The van der Waals surface area contributed by atoms with Crippen LogP contribution in [0.1, 0.15) is 33.4 Å². The summed E-state index contributed by atoms with van der Waals surface area (Å²) in [5, 5.41) is 7.12. The third-order valence-corrected chi connectivity index (χ3v) is 5.28. The molecule has 3 aromatic rings. The maximum atomic E-state index is 3.56. The van der Waals surface area contributed by atoms with E-state index in [0.717, 1.165) is 39.0 Å². The van der Waals surface area contributed by atoms with Crippen molar-refractivity contribution in [2.75, 3.05) is 13.1 Å². The second-order valence-electron chi connectivity index (χ2n) is 7.53. The number of hydrogen-bond acceptors (Lipinski definition) is 2. The lowest BCUT2D eigenvalue weighted by Crippen LogP contribution is -2.18. The fraction of sp³-hybridized carbons (Fsp3) is 0.308. The van der Waals surface area contributed by atoms with Crippen LogP contribution in [0.3, 0.4) is 0 Å². The smallest absolute Gasteiger partial charge is 0.0205 e.